The van der Waals surface area contributed by atoms with Crippen LogP contribution in [0.1, 0.15) is 78.6 Å². The van der Waals surface area contributed by atoms with Crippen molar-refractivity contribution in [1.29, 1.82) is 0 Å². The zero-order valence-electron chi connectivity index (χ0n) is 72.6. The fourth-order valence-corrected chi connectivity index (χ4v) is 17.4. The van der Waals surface area contributed by atoms with Gasteiger partial charge in [0.25, 0.3) is 0 Å². The van der Waals surface area contributed by atoms with E-state index in [9.17, 15) is 0 Å². The number of ether oxygens (including phenoxy) is 21. The highest BCUT2D eigenvalue weighted by Crippen LogP contribution is 2.44. The third kappa shape index (κ3) is 24.6. The third-order valence-corrected chi connectivity index (χ3v) is 24.0. The molecule has 674 valence electrons. The van der Waals surface area contributed by atoms with Crippen LogP contribution in [0.25, 0.3) is 0 Å². The summed E-state index contributed by atoms with van der Waals surface area (Å²) in [5.41, 5.74) is 11.6. The van der Waals surface area contributed by atoms with Crippen molar-refractivity contribution in [2.45, 2.75) is 208 Å². The van der Waals surface area contributed by atoms with Gasteiger partial charge in [0, 0.05) is 5.56 Å². The van der Waals surface area contributed by atoms with Crippen molar-refractivity contribution in [1.82, 2.24) is 0 Å². The quantitative estimate of drug-likeness (QED) is 0.0356. The molecule has 4 bridgehead atoms. The Labute approximate surface area is 760 Å². The molecule has 12 aromatic carbocycles. The van der Waals surface area contributed by atoms with E-state index in [-0.39, 0.29) is 106 Å². The molecule has 6 heterocycles. The Balaban J connectivity index is 0.781. The molecule has 18 rings (SSSR count). The zero-order chi connectivity index (χ0) is 87.5. The van der Waals surface area contributed by atoms with E-state index in [4.69, 9.17) is 99.5 Å². The highest BCUT2D eigenvalue weighted by molar-refractivity contribution is 5.26. The average Bonchev–Trinajstić information content (AvgIpc) is 0.754. The minimum atomic E-state index is -1.41. The molecular formula is C109H112O21. The summed E-state index contributed by atoms with van der Waals surface area (Å²) in [5.74, 6) is 0. The first-order valence-electron chi connectivity index (χ1n) is 45.1. The Morgan fingerprint density at radius 1 is 0.231 bits per heavy atom. The summed E-state index contributed by atoms with van der Waals surface area (Å²) in [6.07, 6.45) is -22.4. The van der Waals surface area contributed by atoms with Crippen LogP contribution in [-0.4, -0.2) is 149 Å². The van der Waals surface area contributed by atoms with Gasteiger partial charge in [0.2, 0.25) is 0 Å². The van der Waals surface area contributed by atoms with Crippen LogP contribution in [0.15, 0.2) is 358 Å². The summed E-state index contributed by atoms with van der Waals surface area (Å²) in [7, 11) is 0. The Morgan fingerprint density at radius 3 is 1.06 bits per heavy atom. The van der Waals surface area contributed by atoms with Gasteiger partial charge in [-0.1, -0.05) is 358 Å². The zero-order valence-corrected chi connectivity index (χ0v) is 72.6. The van der Waals surface area contributed by atoms with Gasteiger partial charge in [-0.15, -0.1) is 0 Å². The summed E-state index contributed by atoms with van der Waals surface area (Å²) < 4.78 is 156. The second-order valence-electron chi connectivity index (χ2n) is 33.4. The minimum Gasteiger partial charge on any atom is -0.374 e. The first kappa shape index (κ1) is 90.3. The molecular weight excluding hydrogens is 1650 g/mol. The molecule has 0 unspecified atom stereocenters. The maximum atomic E-state index is 8.21. The van der Waals surface area contributed by atoms with Crippen LogP contribution in [-0.2, 0) is 179 Å². The molecule has 0 spiro atoms. The molecule has 0 amide bonds. The lowest BCUT2D eigenvalue weighted by Gasteiger charge is -2.53. The van der Waals surface area contributed by atoms with Crippen molar-refractivity contribution >= 4 is 0 Å². The van der Waals surface area contributed by atoms with E-state index in [2.05, 4.69) is 6.07 Å². The van der Waals surface area contributed by atoms with E-state index < -0.39 is 129 Å². The first-order chi connectivity index (χ1) is 64.4. The standard InChI is InChI=1S/C109H112O21/c1-12-35-76(36-13-1)60-110-72-89-93-100(104(120-69-84-51-28-9-29-52-84)109(124-89)129-94-90(73-111-61-77-37-14-2-15-38-77)123-106(121-70-85-53-30-10-31-54-85)101(117-66-81-45-22-6-23-46-81)97(94)114-63-78-39-16-3-17-40-78)130-108-103(119-68-83-49-26-8-27-50-83)98(115-64-79-41-18-4-19-42-79)95(91(125-108)74-112-62-86-55-34-56-87(59-86)71-113-93)128-107-102(118-67-82-47-24-7-25-48-82)99(116-65-80-43-20-5-21-44-80)96-92(126-107)75-122-105(127-96)88-57-32-11-33-58-88/h1-59,89-109H,60-75H2/t89-,90-,91-,92-,93+,94-,95-,96-,97+,98+,99+,100+,101-,102-,103-,104-,105-,106-,107-,108+,109+/m1/s1. The summed E-state index contributed by atoms with van der Waals surface area (Å²) in [6.45, 7) is 1.57. The van der Waals surface area contributed by atoms with Crippen LogP contribution in [0, 0.1) is 0 Å². The lowest BCUT2D eigenvalue weighted by Crippen LogP contribution is -2.69. The van der Waals surface area contributed by atoms with Gasteiger partial charge in [-0.2, -0.15) is 0 Å². The minimum absolute atomic E-state index is 0.0178. The molecule has 0 aromatic heterocycles. The van der Waals surface area contributed by atoms with Gasteiger partial charge in [0.05, 0.1) is 106 Å². The van der Waals surface area contributed by atoms with Gasteiger partial charge < -0.3 is 99.5 Å². The van der Waals surface area contributed by atoms with Gasteiger partial charge in [-0.25, -0.2) is 0 Å². The third-order valence-electron chi connectivity index (χ3n) is 24.0. The number of benzene rings is 12. The molecule has 0 aliphatic carbocycles. The Hall–Kier alpha value is -10.2. The Morgan fingerprint density at radius 2 is 0.592 bits per heavy atom. The summed E-state index contributed by atoms with van der Waals surface area (Å²) >= 11 is 0. The normalized spacial score (nSPS) is 27.5. The fraction of sp³-hybridized carbons (Fsp3) is 0.339. The van der Waals surface area contributed by atoms with Crippen molar-refractivity contribution in [3.63, 3.8) is 0 Å². The maximum absolute atomic E-state index is 8.21. The molecule has 130 heavy (non-hydrogen) atoms. The van der Waals surface area contributed by atoms with Crippen molar-refractivity contribution in [2.75, 3.05) is 26.4 Å². The summed E-state index contributed by atoms with van der Waals surface area (Å²) in [4.78, 5) is 0. The highest BCUT2D eigenvalue weighted by Gasteiger charge is 2.60. The molecule has 5 saturated heterocycles. The van der Waals surface area contributed by atoms with Gasteiger partial charge in [0.1, 0.15) is 97.7 Å². The molecule has 12 aromatic rings. The Bertz CT molecular complexity index is 5230. The fourth-order valence-electron chi connectivity index (χ4n) is 17.4. The SMILES string of the molecule is c1ccc(COC[C@H]2O[C@@H](O[C@H]3[C@H](OCc4ccccc4)[C@@H](OCc4ccccc4)[C@H](OCc4ccccc4)O[C@@H]3COCc3ccccc3)[C@H](OCc3ccccc3)[C@H]3O[C@@H]4O[C@H](COCc5cccc(c5)CO[C@H]32)[C@@H](O[C@H]2O[C@@H]3CO[C@@H](c5ccccc5)O[C@H]3[C@H](OCc3ccccc3)[C@H]2OCc2ccccc2)[C@H](OCc2ccccc2)[C@H]4OCc2ccccc2)cc1. The number of hydrogen-bond donors (Lipinski definition) is 0. The molecule has 0 saturated carbocycles. The van der Waals surface area contributed by atoms with Crippen LogP contribution in [0.2, 0.25) is 0 Å². The highest BCUT2D eigenvalue weighted by atomic mass is 16.8. The smallest absolute Gasteiger partial charge is 0.187 e. The molecule has 21 nitrogen and oxygen atoms in total. The molecule has 6 aliphatic rings. The Kier molecular flexibility index (Phi) is 32.5. The van der Waals surface area contributed by atoms with Gasteiger partial charge in [-0.05, 0) is 66.8 Å². The lowest BCUT2D eigenvalue weighted by atomic mass is 9.94. The second-order valence-corrected chi connectivity index (χ2v) is 33.4. The number of hydrogen-bond acceptors (Lipinski definition) is 21. The van der Waals surface area contributed by atoms with Gasteiger partial charge >= 0.3 is 0 Å². The van der Waals surface area contributed by atoms with Crippen molar-refractivity contribution < 1.29 is 99.5 Å². The van der Waals surface area contributed by atoms with Crippen molar-refractivity contribution in [3.05, 3.63) is 430 Å². The van der Waals surface area contributed by atoms with Crippen LogP contribution in [0.5, 0.6) is 0 Å². The molecule has 0 N–H and O–H groups in total. The first-order valence-corrected chi connectivity index (χ1v) is 45.1. The largest absolute Gasteiger partial charge is 0.374 e. The van der Waals surface area contributed by atoms with E-state index in [1.807, 2.05) is 352 Å². The maximum Gasteiger partial charge on any atom is 0.187 e. The number of fused-ring (bicyclic) bond motifs is 6. The predicted octanol–water partition coefficient (Wildman–Crippen LogP) is 18.0. The van der Waals surface area contributed by atoms with Gasteiger partial charge in [-0.3, -0.25) is 0 Å². The van der Waals surface area contributed by atoms with Crippen LogP contribution >= 0.6 is 0 Å². The van der Waals surface area contributed by atoms with E-state index in [1.54, 1.807) is 0 Å². The van der Waals surface area contributed by atoms with E-state index in [0.717, 1.165) is 72.3 Å². The van der Waals surface area contributed by atoms with Gasteiger partial charge in [0.15, 0.2) is 31.5 Å². The van der Waals surface area contributed by atoms with Crippen molar-refractivity contribution in [3.8, 4) is 0 Å². The van der Waals surface area contributed by atoms with Crippen LogP contribution in [0.3, 0.4) is 0 Å². The molecule has 0 radical (unpaired) electrons. The van der Waals surface area contributed by atoms with Crippen LogP contribution in [0.4, 0.5) is 0 Å². The molecule has 21 heteroatoms. The second kappa shape index (κ2) is 46.7. The summed E-state index contributed by atoms with van der Waals surface area (Å²) in [6, 6.07) is 118. The monoisotopic (exact) mass is 1760 g/mol. The predicted molar refractivity (Wildman–Crippen MR) is 483 cm³/mol. The molecule has 21 atom stereocenters. The van der Waals surface area contributed by atoms with E-state index in [1.165, 1.54) is 0 Å². The number of rotatable bonds is 37. The van der Waals surface area contributed by atoms with Crippen molar-refractivity contribution in [2.24, 2.45) is 0 Å². The average molecular weight is 1760 g/mol. The summed E-state index contributed by atoms with van der Waals surface area (Å²) in [5, 5.41) is 0. The molecule has 6 aliphatic heterocycles. The molecule has 5 fully saturated rings. The lowest BCUT2D eigenvalue weighted by molar-refractivity contribution is -0.411. The van der Waals surface area contributed by atoms with E-state index >= 15 is 0 Å². The van der Waals surface area contributed by atoms with Crippen LogP contribution < -0.4 is 0 Å². The van der Waals surface area contributed by atoms with E-state index in [0.29, 0.717) is 0 Å². The topological polar surface area (TPSA) is 194 Å².